The van der Waals surface area contributed by atoms with Gasteiger partial charge in [0.25, 0.3) is 0 Å². The summed E-state index contributed by atoms with van der Waals surface area (Å²) in [5.74, 6) is 0.537. The second-order valence-corrected chi connectivity index (χ2v) is 5.98. The van der Waals surface area contributed by atoms with Crippen molar-refractivity contribution in [1.29, 1.82) is 0 Å². The number of anilines is 2. The molecule has 2 heterocycles. The normalized spacial score (nSPS) is 11.9. The molecule has 0 saturated carbocycles. The fourth-order valence-corrected chi connectivity index (χ4v) is 3.27. The second kappa shape index (κ2) is 5.38. The van der Waals surface area contributed by atoms with Crippen LogP contribution in [0.4, 0.5) is 11.4 Å². The number of aromatic carboxylic acids is 1. The molecule has 1 aliphatic rings. The third kappa shape index (κ3) is 2.09. The van der Waals surface area contributed by atoms with E-state index in [4.69, 9.17) is 9.47 Å². The van der Waals surface area contributed by atoms with Gasteiger partial charge in [-0.3, -0.25) is 4.98 Å². The topological polar surface area (TPSA) is 80.7 Å². The molecule has 2 aromatic carbocycles. The highest BCUT2D eigenvalue weighted by atomic mass is 79.9. The van der Waals surface area contributed by atoms with Gasteiger partial charge >= 0.3 is 5.97 Å². The molecule has 0 spiro atoms. The number of benzene rings is 2. The predicted octanol–water partition coefficient (Wildman–Crippen LogP) is 4.55. The fourth-order valence-electron chi connectivity index (χ4n) is 2.71. The van der Waals surface area contributed by atoms with Gasteiger partial charge in [-0.1, -0.05) is 12.1 Å². The molecule has 7 heteroatoms. The van der Waals surface area contributed by atoms with Gasteiger partial charge in [0, 0.05) is 12.3 Å². The Morgan fingerprint density at radius 3 is 2.92 bits per heavy atom. The number of fused-ring (bicyclic) bond motifs is 1. The van der Waals surface area contributed by atoms with E-state index in [0.717, 1.165) is 0 Å². The first kappa shape index (κ1) is 14.8. The van der Waals surface area contributed by atoms with Gasteiger partial charge in [0.2, 0.25) is 0 Å². The van der Waals surface area contributed by atoms with Gasteiger partial charge in [-0.15, -0.1) is 0 Å². The van der Waals surface area contributed by atoms with Gasteiger partial charge < -0.3 is 19.9 Å². The average Bonchev–Trinajstić information content (AvgIpc) is 2.75. The maximum atomic E-state index is 11.6. The lowest BCUT2D eigenvalue weighted by Gasteiger charge is -2.14. The Morgan fingerprint density at radius 2 is 2.17 bits per heavy atom. The number of hydrogen-bond acceptors (Lipinski definition) is 5. The van der Waals surface area contributed by atoms with E-state index < -0.39 is 5.97 Å². The first-order chi connectivity index (χ1) is 11.6. The van der Waals surface area contributed by atoms with Crippen LogP contribution in [0.1, 0.15) is 10.4 Å². The van der Waals surface area contributed by atoms with E-state index in [-0.39, 0.29) is 5.56 Å². The molecular formula is C17H11BrN2O4. The summed E-state index contributed by atoms with van der Waals surface area (Å²) in [5, 5.41) is 13.3. The largest absolute Gasteiger partial charge is 0.495 e. The third-order valence-electron chi connectivity index (χ3n) is 3.83. The van der Waals surface area contributed by atoms with Crippen LogP contribution in [0.3, 0.4) is 0 Å². The van der Waals surface area contributed by atoms with E-state index >= 15 is 0 Å². The van der Waals surface area contributed by atoms with Crippen molar-refractivity contribution in [2.24, 2.45) is 0 Å². The molecule has 1 aliphatic heterocycles. The van der Waals surface area contributed by atoms with Crippen LogP contribution >= 0.6 is 15.9 Å². The number of nitrogens with zero attached hydrogens (tertiary/aromatic N) is 1. The number of carboxylic acid groups (broad SMARTS) is 1. The van der Waals surface area contributed by atoms with Crippen LogP contribution in [0, 0.1) is 0 Å². The second-order valence-electron chi connectivity index (χ2n) is 5.19. The van der Waals surface area contributed by atoms with Crippen molar-refractivity contribution in [2.75, 3.05) is 12.4 Å². The van der Waals surface area contributed by atoms with Crippen molar-refractivity contribution in [1.82, 2.24) is 4.98 Å². The molecule has 0 bridgehead atoms. The van der Waals surface area contributed by atoms with Crippen molar-refractivity contribution in [2.45, 2.75) is 0 Å². The Morgan fingerprint density at radius 1 is 1.38 bits per heavy atom. The molecule has 0 atom stereocenters. The molecule has 0 unspecified atom stereocenters. The predicted molar refractivity (Wildman–Crippen MR) is 92.8 cm³/mol. The minimum Gasteiger partial charge on any atom is -0.495 e. The Kier molecular flexibility index (Phi) is 3.31. The van der Waals surface area contributed by atoms with Gasteiger partial charge in [-0.25, -0.2) is 4.79 Å². The molecule has 0 fully saturated rings. The summed E-state index contributed by atoms with van der Waals surface area (Å²) in [6, 6.07) is 9.06. The zero-order chi connectivity index (χ0) is 16.8. The van der Waals surface area contributed by atoms with Crippen molar-refractivity contribution < 1.29 is 19.4 Å². The lowest BCUT2D eigenvalue weighted by atomic mass is 10.1. The monoisotopic (exact) mass is 386 g/mol. The quantitative estimate of drug-likeness (QED) is 0.525. The van der Waals surface area contributed by atoms with Crippen LogP contribution in [0.2, 0.25) is 0 Å². The SMILES string of the molecule is COc1cc2ncc(C(=O)O)c3c2c(c1Br)Oc1ccccc1N3. The standard InChI is InChI=1S/C17H11BrN2O4/c1-23-12-6-10-13-15(8(7-19-10)17(21)22)20-9-4-2-3-5-11(9)24-16(13)14(12)18/h2-7,20H,1H3,(H,21,22). The summed E-state index contributed by atoms with van der Waals surface area (Å²) in [4.78, 5) is 15.9. The summed E-state index contributed by atoms with van der Waals surface area (Å²) in [6.45, 7) is 0. The fraction of sp³-hybridized carbons (Fsp3) is 0.0588. The number of para-hydroxylation sites is 2. The number of aromatic nitrogens is 1. The molecule has 2 N–H and O–H groups in total. The van der Waals surface area contributed by atoms with E-state index in [1.165, 1.54) is 6.20 Å². The van der Waals surface area contributed by atoms with Gasteiger partial charge in [-0.2, -0.15) is 0 Å². The number of ether oxygens (including phenoxy) is 2. The minimum atomic E-state index is -1.07. The lowest BCUT2D eigenvalue weighted by molar-refractivity contribution is 0.0697. The van der Waals surface area contributed by atoms with Crippen LogP contribution in [0.5, 0.6) is 17.2 Å². The van der Waals surface area contributed by atoms with Gasteiger partial charge in [0.05, 0.1) is 29.4 Å². The van der Waals surface area contributed by atoms with Crippen molar-refractivity contribution in [3.05, 3.63) is 46.6 Å². The van der Waals surface area contributed by atoms with Crippen LogP contribution in [-0.2, 0) is 0 Å². The molecule has 0 saturated heterocycles. The van der Waals surface area contributed by atoms with Gasteiger partial charge in [0.1, 0.15) is 15.8 Å². The molecule has 24 heavy (non-hydrogen) atoms. The molecule has 4 rings (SSSR count). The third-order valence-corrected chi connectivity index (χ3v) is 4.58. The summed E-state index contributed by atoms with van der Waals surface area (Å²) in [5.41, 5.74) is 1.76. The maximum absolute atomic E-state index is 11.6. The van der Waals surface area contributed by atoms with Crippen molar-refractivity contribution >= 4 is 44.2 Å². The highest BCUT2D eigenvalue weighted by Gasteiger charge is 2.26. The molecule has 0 aliphatic carbocycles. The number of halogens is 1. The summed E-state index contributed by atoms with van der Waals surface area (Å²) in [7, 11) is 1.55. The van der Waals surface area contributed by atoms with E-state index in [1.807, 2.05) is 18.2 Å². The van der Waals surface area contributed by atoms with Crippen LogP contribution in [0.25, 0.3) is 10.9 Å². The van der Waals surface area contributed by atoms with Crippen molar-refractivity contribution in [3.8, 4) is 17.2 Å². The Balaban J connectivity index is 2.15. The van der Waals surface area contributed by atoms with Crippen LogP contribution in [0.15, 0.2) is 41.0 Å². The molecule has 0 amide bonds. The number of nitrogens with one attached hydrogen (secondary N) is 1. The van der Waals surface area contributed by atoms with Gasteiger partial charge in [-0.05, 0) is 28.1 Å². The number of carboxylic acids is 1. The van der Waals surface area contributed by atoms with Crippen LogP contribution in [-0.4, -0.2) is 23.2 Å². The summed E-state index contributed by atoms with van der Waals surface area (Å²) < 4.78 is 12.0. The first-order valence-corrected chi connectivity index (χ1v) is 7.86. The average molecular weight is 387 g/mol. The van der Waals surface area contributed by atoms with Gasteiger partial charge in [0.15, 0.2) is 11.5 Å². The molecule has 1 aromatic heterocycles. The lowest BCUT2D eigenvalue weighted by Crippen LogP contribution is -2.04. The number of hydrogen-bond donors (Lipinski definition) is 2. The summed E-state index contributed by atoms with van der Waals surface area (Å²) >= 11 is 3.49. The Hall–Kier alpha value is -2.80. The zero-order valence-electron chi connectivity index (χ0n) is 12.5. The van der Waals surface area contributed by atoms with E-state index in [9.17, 15) is 9.90 Å². The number of carbonyl (C=O) groups is 1. The molecule has 120 valence electrons. The van der Waals surface area contributed by atoms with Crippen molar-refractivity contribution in [3.63, 3.8) is 0 Å². The highest BCUT2D eigenvalue weighted by molar-refractivity contribution is 9.10. The Bertz CT molecular complexity index is 1000. The number of rotatable bonds is 2. The molecular weight excluding hydrogens is 376 g/mol. The smallest absolute Gasteiger partial charge is 0.339 e. The minimum absolute atomic E-state index is 0.0705. The zero-order valence-corrected chi connectivity index (χ0v) is 14.0. The molecule has 3 aromatic rings. The number of methoxy groups -OCH3 is 1. The van der Waals surface area contributed by atoms with E-state index in [0.29, 0.717) is 44.0 Å². The van der Waals surface area contributed by atoms with Crippen LogP contribution < -0.4 is 14.8 Å². The van der Waals surface area contributed by atoms with E-state index in [2.05, 4.69) is 26.2 Å². The summed E-state index contributed by atoms with van der Waals surface area (Å²) in [6.07, 6.45) is 1.33. The van der Waals surface area contributed by atoms with E-state index in [1.54, 1.807) is 19.2 Å². The number of pyridine rings is 1. The first-order valence-electron chi connectivity index (χ1n) is 7.06. The molecule has 0 radical (unpaired) electrons. The molecule has 6 nitrogen and oxygen atoms in total. The Labute approximate surface area is 145 Å². The highest BCUT2D eigenvalue weighted by Crippen LogP contribution is 2.50. The maximum Gasteiger partial charge on any atom is 0.339 e.